The van der Waals surface area contributed by atoms with Gasteiger partial charge in [0, 0.05) is 48.9 Å². The Hall–Kier alpha value is -5.08. The molecule has 3 aliphatic rings. The van der Waals surface area contributed by atoms with Gasteiger partial charge in [-0.15, -0.1) is 0 Å². The van der Waals surface area contributed by atoms with E-state index in [2.05, 4.69) is 82.1 Å². The highest BCUT2D eigenvalue weighted by Crippen LogP contribution is 2.35. The first-order valence-electron chi connectivity index (χ1n) is 16.1. The highest BCUT2D eigenvalue weighted by molar-refractivity contribution is 5.95. The molecule has 2 saturated heterocycles. The fourth-order valence-electron chi connectivity index (χ4n) is 6.54. The maximum Gasteiger partial charge on any atom is 0.490 e. The minimum atomic E-state index is -5.08. The molecule has 258 valence electrons. The van der Waals surface area contributed by atoms with Crippen LogP contribution < -0.4 is 14.5 Å². The Morgan fingerprint density at radius 3 is 2.49 bits per heavy atom. The molecule has 1 unspecified atom stereocenters. The number of hydrogen-bond acceptors (Lipinski definition) is 9. The van der Waals surface area contributed by atoms with Crippen molar-refractivity contribution in [2.24, 2.45) is 0 Å². The van der Waals surface area contributed by atoms with Crippen LogP contribution in [0.1, 0.15) is 37.4 Å². The van der Waals surface area contributed by atoms with Gasteiger partial charge in [-0.1, -0.05) is 42.3 Å². The zero-order chi connectivity index (χ0) is 35.1. The van der Waals surface area contributed by atoms with Crippen molar-refractivity contribution in [3.8, 4) is 23.9 Å². The lowest BCUT2D eigenvalue weighted by molar-refractivity contribution is -0.192. The molecule has 2 aromatic carbocycles. The van der Waals surface area contributed by atoms with Crippen LogP contribution in [-0.2, 0) is 22.6 Å². The van der Waals surface area contributed by atoms with Crippen LogP contribution in [0.5, 0.6) is 6.01 Å². The average Bonchev–Trinajstić information content (AvgIpc) is 3.50. The van der Waals surface area contributed by atoms with Crippen LogP contribution in [0.15, 0.2) is 42.5 Å². The molecule has 2 fully saturated rings. The molecule has 3 aromatic rings. The maximum atomic E-state index is 12.7. The second kappa shape index (κ2) is 15.4. The number of halogens is 3. The Bertz CT molecular complexity index is 1780. The smallest absolute Gasteiger partial charge is 0.475 e. The molecule has 6 rings (SSSR count). The number of carboxylic acids is 1. The van der Waals surface area contributed by atoms with Crippen molar-refractivity contribution < 1.29 is 32.6 Å². The molecule has 0 bridgehead atoms. The van der Waals surface area contributed by atoms with E-state index >= 15 is 0 Å². The van der Waals surface area contributed by atoms with Crippen LogP contribution in [-0.4, -0.2) is 101 Å². The number of nitrogens with zero attached hydrogens (tertiary/aromatic N) is 7. The van der Waals surface area contributed by atoms with E-state index in [0.29, 0.717) is 44.8 Å². The largest absolute Gasteiger partial charge is 0.490 e. The Balaban J connectivity index is 0.000000606. The number of aliphatic carboxylic acids is 1. The standard InChI is InChI=1S/C33H37N7O2.C2HF3O2/c1-3-8-31(41)40-20-19-39(21-25(40)14-16-34)32-28-15-18-38(30-13-6-10-24-9-4-5-12-27(24)30)22-29(28)35-33(36-32)42-23-26-11-7-17-37(26)2;3-2(4,5)1(6)7/h4-6,9-10,12-13,25-26H,7,11,14-15,17-23H2,1-2H3;(H,6,7)/t25?,26-;/m0./s1. The maximum absolute atomic E-state index is 12.7. The minimum absolute atomic E-state index is 0.224. The first-order valence-corrected chi connectivity index (χ1v) is 16.1. The number of amides is 1. The molecule has 0 radical (unpaired) electrons. The molecule has 0 aliphatic carbocycles. The number of likely N-dealkylation sites (tertiary alicyclic amines) is 1. The molecule has 0 saturated carbocycles. The highest BCUT2D eigenvalue weighted by Gasteiger charge is 2.38. The van der Waals surface area contributed by atoms with E-state index in [1.165, 1.54) is 22.9 Å². The fraction of sp³-hybridized carbons (Fsp3) is 0.457. The summed E-state index contributed by atoms with van der Waals surface area (Å²) in [5.41, 5.74) is 3.30. The zero-order valence-electron chi connectivity index (χ0n) is 27.4. The van der Waals surface area contributed by atoms with E-state index in [-0.39, 0.29) is 18.4 Å². The van der Waals surface area contributed by atoms with Gasteiger partial charge in [0.1, 0.15) is 12.4 Å². The molecular formula is C35H38F3N7O4. The summed E-state index contributed by atoms with van der Waals surface area (Å²) in [6, 6.07) is 17.7. The van der Waals surface area contributed by atoms with Crippen molar-refractivity contribution >= 4 is 34.2 Å². The first kappa shape index (κ1) is 35.2. The van der Waals surface area contributed by atoms with Crippen molar-refractivity contribution in [3.63, 3.8) is 0 Å². The first-order chi connectivity index (χ1) is 23.5. The summed E-state index contributed by atoms with van der Waals surface area (Å²) in [4.78, 5) is 40.2. The average molecular weight is 678 g/mol. The molecule has 1 N–H and O–H groups in total. The van der Waals surface area contributed by atoms with Gasteiger partial charge in [-0.05, 0) is 57.2 Å². The van der Waals surface area contributed by atoms with Crippen LogP contribution >= 0.6 is 0 Å². The Morgan fingerprint density at radius 2 is 1.80 bits per heavy atom. The minimum Gasteiger partial charge on any atom is -0.475 e. The number of carboxylic acid groups (broad SMARTS) is 1. The molecule has 1 amide bonds. The summed E-state index contributed by atoms with van der Waals surface area (Å²) < 4.78 is 38.0. The molecule has 1 aromatic heterocycles. The van der Waals surface area contributed by atoms with E-state index in [9.17, 15) is 23.2 Å². The van der Waals surface area contributed by atoms with E-state index in [1.807, 2.05) is 0 Å². The van der Waals surface area contributed by atoms with Crippen molar-refractivity contribution in [2.75, 3.05) is 56.2 Å². The van der Waals surface area contributed by atoms with Gasteiger partial charge in [0.05, 0.1) is 30.8 Å². The number of ether oxygens (including phenoxy) is 1. The number of carbonyl (C=O) groups excluding carboxylic acids is 1. The number of piperazine rings is 1. The fourth-order valence-corrected chi connectivity index (χ4v) is 6.54. The second-order valence-corrected chi connectivity index (χ2v) is 12.2. The molecule has 4 heterocycles. The lowest BCUT2D eigenvalue weighted by atomic mass is 10.0. The number of rotatable bonds is 6. The number of anilines is 2. The lowest BCUT2D eigenvalue weighted by Gasteiger charge is -2.41. The summed E-state index contributed by atoms with van der Waals surface area (Å²) in [7, 11) is 2.14. The van der Waals surface area contributed by atoms with Crippen molar-refractivity contribution in [3.05, 3.63) is 53.7 Å². The van der Waals surface area contributed by atoms with Crippen LogP contribution in [0.4, 0.5) is 24.7 Å². The third kappa shape index (κ3) is 8.32. The summed E-state index contributed by atoms with van der Waals surface area (Å²) >= 11 is 0. The van der Waals surface area contributed by atoms with Gasteiger partial charge < -0.3 is 29.4 Å². The van der Waals surface area contributed by atoms with Crippen molar-refractivity contribution in [2.45, 2.75) is 57.4 Å². The molecular weight excluding hydrogens is 639 g/mol. The van der Waals surface area contributed by atoms with Gasteiger partial charge in [-0.3, -0.25) is 4.79 Å². The molecule has 14 heteroatoms. The highest BCUT2D eigenvalue weighted by atomic mass is 19.4. The van der Waals surface area contributed by atoms with E-state index in [4.69, 9.17) is 24.6 Å². The van der Waals surface area contributed by atoms with Gasteiger partial charge in [-0.25, -0.2) is 4.79 Å². The Kier molecular flexibility index (Phi) is 11.1. The topological polar surface area (TPSA) is 126 Å². The van der Waals surface area contributed by atoms with E-state index < -0.39 is 12.1 Å². The number of benzene rings is 2. The number of fused-ring (bicyclic) bond motifs is 2. The molecule has 49 heavy (non-hydrogen) atoms. The van der Waals surface area contributed by atoms with Crippen molar-refractivity contribution in [1.29, 1.82) is 5.26 Å². The van der Waals surface area contributed by atoms with Crippen LogP contribution in [0.2, 0.25) is 0 Å². The number of hydrogen-bond donors (Lipinski definition) is 1. The molecule has 3 aliphatic heterocycles. The summed E-state index contributed by atoms with van der Waals surface area (Å²) in [5, 5.41) is 19.1. The molecule has 11 nitrogen and oxygen atoms in total. The van der Waals surface area contributed by atoms with Crippen LogP contribution in [0, 0.1) is 23.2 Å². The van der Waals surface area contributed by atoms with Gasteiger partial charge in [0.25, 0.3) is 5.91 Å². The SMILES string of the molecule is CC#CC(=O)N1CCN(c2nc(OC[C@@H]3CCCN3C)nc3c2CCN(c2cccc4ccccc24)C3)CC1CC#N.O=C(O)C(F)(F)F. The predicted molar refractivity (Wildman–Crippen MR) is 177 cm³/mol. The van der Waals surface area contributed by atoms with Crippen LogP contribution in [0.3, 0.4) is 0 Å². The lowest BCUT2D eigenvalue weighted by Crippen LogP contribution is -2.55. The summed E-state index contributed by atoms with van der Waals surface area (Å²) in [6.07, 6.45) is -1.77. The predicted octanol–water partition coefficient (Wildman–Crippen LogP) is 4.25. The van der Waals surface area contributed by atoms with E-state index in [0.717, 1.165) is 43.0 Å². The van der Waals surface area contributed by atoms with Gasteiger partial charge in [-0.2, -0.15) is 28.4 Å². The number of carbonyl (C=O) groups is 2. The van der Waals surface area contributed by atoms with E-state index in [1.54, 1.807) is 11.8 Å². The molecule has 2 atom stereocenters. The Labute approximate surface area is 282 Å². The molecule has 0 spiro atoms. The number of aromatic nitrogens is 2. The van der Waals surface area contributed by atoms with Gasteiger partial charge in [0.2, 0.25) is 0 Å². The monoisotopic (exact) mass is 677 g/mol. The van der Waals surface area contributed by atoms with Crippen molar-refractivity contribution in [1.82, 2.24) is 19.8 Å². The Morgan fingerprint density at radius 1 is 1.04 bits per heavy atom. The van der Waals surface area contributed by atoms with Crippen LogP contribution in [0.25, 0.3) is 10.8 Å². The number of nitriles is 1. The quantitative estimate of drug-likeness (QED) is 0.379. The zero-order valence-corrected chi connectivity index (χ0v) is 27.4. The number of likely N-dealkylation sites (N-methyl/N-ethyl adjacent to an activating group) is 1. The third-order valence-electron chi connectivity index (χ3n) is 9.05. The number of alkyl halides is 3. The van der Waals surface area contributed by atoms with Gasteiger partial charge in [0.15, 0.2) is 0 Å². The summed E-state index contributed by atoms with van der Waals surface area (Å²) in [5.74, 6) is 3.24. The second-order valence-electron chi connectivity index (χ2n) is 12.2. The van der Waals surface area contributed by atoms with Gasteiger partial charge >= 0.3 is 18.2 Å². The normalized spacial score (nSPS) is 19.2. The summed E-state index contributed by atoms with van der Waals surface area (Å²) in [6.45, 7) is 6.41. The third-order valence-corrected chi connectivity index (χ3v) is 9.05.